The number of hydrogen-bond acceptors (Lipinski definition) is 3. The number of hydrogen-bond donors (Lipinski definition) is 2. The fourth-order valence-electron chi connectivity index (χ4n) is 1.29. The maximum Gasteiger partial charge on any atom is 0.0570 e. The molecule has 0 aliphatic carbocycles. The van der Waals surface area contributed by atoms with Gasteiger partial charge in [-0.3, -0.25) is 5.43 Å². The summed E-state index contributed by atoms with van der Waals surface area (Å²) in [6, 6.07) is 0. The molecule has 0 unspecified atom stereocenters. The average molecular weight is 188 g/mol. The Morgan fingerprint density at radius 2 is 1.92 bits per heavy atom. The maximum atomic E-state index is 8.63. The molecule has 3 heteroatoms. The molecule has 80 valence electrons. The smallest absolute Gasteiger partial charge is 0.0570 e. The molecule has 0 aromatic heterocycles. The Morgan fingerprint density at radius 3 is 2.46 bits per heavy atom. The second kappa shape index (κ2) is 9.96. The number of hydrazine groups is 1. The van der Waals surface area contributed by atoms with Gasteiger partial charge in [0.1, 0.15) is 0 Å². The summed E-state index contributed by atoms with van der Waals surface area (Å²) in [6.45, 7) is 7.33. The van der Waals surface area contributed by atoms with Gasteiger partial charge in [0.15, 0.2) is 0 Å². The van der Waals surface area contributed by atoms with Crippen LogP contribution in [0.25, 0.3) is 0 Å². The Bertz CT molecular complexity index is 98.9. The monoisotopic (exact) mass is 188 g/mol. The van der Waals surface area contributed by atoms with Crippen LogP contribution in [0.3, 0.4) is 0 Å². The highest BCUT2D eigenvalue weighted by atomic mass is 16.3. The molecule has 0 heterocycles. The number of nitrogens with one attached hydrogen (secondary N) is 1. The van der Waals surface area contributed by atoms with Crippen molar-refractivity contribution >= 4 is 0 Å². The van der Waals surface area contributed by atoms with Gasteiger partial charge in [-0.25, -0.2) is 5.01 Å². The zero-order valence-electron chi connectivity index (χ0n) is 9.05. The van der Waals surface area contributed by atoms with Crippen molar-refractivity contribution in [3.63, 3.8) is 0 Å². The standard InChI is InChI=1S/C10H24N2O/c1-3-5-6-7-9-12(4-2)11-8-10-13/h11,13H,3-10H2,1-2H3. The Hall–Kier alpha value is -0.120. The normalized spacial score (nSPS) is 11.1. The lowest BCUT2D eigenvalue weighted by atomic mass is 10.2. The molecule has 0 aromatic carbocycles. The van der Waals surface area contributed by atoms with Crippen LogP contribution in [0.1, 0.15) is 39.5 Å². The fraction of sp³-hybridized carbons (Fsp3) is 1.00. The summed E-state index contributed by atoms with van der Waals surface area (Å²) in [6.07, 6.45) is 5.18. The molecule has 0 aliphatic heterocycles. The van der Waals surface area contributed by atoms with E-state index in [0.29, 0.717) is 6.54 Å². The molecular formula is C10H24N2O. The van der Waals surface area contributed by atoms with Gasteiger partial charge in [-0.05, 0) is 6.42 Å². The van der Waals surface area contributed by atoms with E-state index in [1.807, 2.05) is 0 Å². The third-order valence-electron chi connectivity index (χ3n) is 2.11. The van der Waals surface area contributed by atoms with E-state index in [9.17, 15) is 0 Å². The molecule has 0 rings (SSSR count). The van der Waals surface area contributed by atoms with Gasteiger partial charge >= 0.3 is 0 Å². The second-order valence-electron chi connectivity index (χ2n) is 3.27. The molecule has 0 radical (unpaired) electrons. The van der Waals surface area contributed by atoms with E-state index in [1.54, 1.807) is 0 Å². The Kier molecular flexibility index (Phi) is 9.87. The third-order valence-corrected chi connectivity index (χ3v) is 2.11. The first-order chi connectivity index (χ1) is 6.35. The molecule has 2 N–H and O–H groups in total. The maximum absolute atomic E-state index is 8.63. The highest BCUT2D eigenvalue weighted by Gasteiger charge is 1.99. The Morgan fingerprint density at radius 1 is 1.15 bits per heavy atom. The molecule has 0 bridgehead atoms. The van der Waals surface area contributed by atoms with Crippen molar-refractivity contribution < 1.29 is 5.11 Å². The molecule has 13 heavy (non-hydrogen) atoms. The van der Waals surface area contributed by atoms with Crippen molar-refractivity contribution in [1.29, 1.82) is 0 Å². The highest BCUT2D eigenvalue weighted by Crippen LogP contribution is 1.99. The highest BCUT2D eigenvalue weighted by molar-refractivity contribution is 4.50. The van der Waals surface area contributed by atoms with E-state index in [-0.39, 0.29) is 6.61 Å². The predicted octanol–water partition coefficient (Wildman–Crippen LogP) is 1.39. The van der Waals surface area contributed by atoms with Gasteiger partial charge < -0.3 is 5.11 Å². The number of rotatable bonds is 9. The van der Waals surface area contributed by atoms with Gasteiger partial charge in [0.25, 0.3) is 0 Å². The van der Waals surface area contributed by atoms with Gasteiger partial charge in [-0.2, -0.15) is 0 Å². The summed E-state index contributed by atoms with van der Waals surface area (Å²) in [5, 5.41) is 10.8. The van der Waals surface area contributed by atoms with Gasteiger partial charge in [-0.15, -0.1) is 0 Å². The van der Waals surface area contributed by atoms with Crippen molar-refractivity contribution in [3.8, 4) is 0 Å². The van der Waals surface area contributed by atoms with Crippen LogP contribution in [0.15, 0.2) is 0 Å². The number of aliphatic hydroxyl groups is 1. The predicted molar refractivity (Wildman–Crippen MR) is 56.5 cm³/mol. The third kappa shape index (κ3) is 8.22. The minimum atomic E-state index is 0.214. The van der Waals surface area contributed by atoms with E-state index in [0.717, 1.165) is 13.1 Å². The topological polar surface area (TPSA) is 35.5 Å². The first kappa shape index (κ1) is 12.9. The van der Waals surface area contributed by atoms with E-state index >= 15 is 0 Å². The summed E-state index contributed by atoms with van der Waals surface area (Å²) in [5.41, 5.74) is 3.18. The molecular weight excluding hydrogens is 164 g/mol. The molecule has 0 atom stereocenters. The van der Waals surface area contributed by atoms with Crippen molar-refractivity contribution in [3.05, 3.63) is 0 Å². The van der Waals surface area contributed by atoms with Crippen LogP contribution in [0.4, 0.5) is 0 Å². The Balaban J connectivity index is 3.25. The first-order valence-electron chi connectivity index (χ1n) is 5.44. The van der Waals surface area contributed by atoms with Gasteiger partial charge in [0.2, 0.25) is 0 Å². The molecule has 0 aromatic rings. The van der Waals surface area contributed by atoms with E-state index < -0.39 is 0 Å². The number of unbranched alkanes of at least 4 members (excludes halogenated alkanes) is 3. The number of nitrogens with zero attached hydrogens (tertiary/aromatic N) is 1. The SMILES string of the molecule is CCCCCCN(CC)NCCO. The quantitative estimate of drug-likeness (QED) is 0.424. The zero-order chi connectivity index (χ0) is 9.94. The van der Waals surface area contributed by atoms with Gasteiger partial charge in [0, 0.05) is 19.6 Å². The van der Waals surface area contributed by atoms with Crippen LogP contribution in [0.2, 0.25) is 0 Å². The largest absolute Gasteiger partial charge is 0.395 e. The van der Waals surface area contributed by atoms with Gasteiger partial charge in [-0.1, -0.05) is 33.1 Å². The summed E-state index contributed by atoms with van der Waals surface area (Å²) in [7, 11) is 0. The lowest BCUT2D eigenvalue weighted by molar-refractivity contribution is 0.168. The van der Waals surface area contributed by atoms with E-state index in [4.69, 9.17) is 5.11 Å². The minimum Gasteiger partial charge on any atom is -0.395 e. The number of aliphatic hydroxyl groups excluding tert-OH is 1. The summed E-state index contributed by atoms with van der Waals surface area (Å²) < 4.78 is 0. The first-order valence-corrected chi connectivity index (χ1v) is 5.44. The van der Waals surface area contributed by atoms with Crippen molar-refractivity contribution in [2.45, 2.75) is 39.5 Å². The molecule has 0 spiro atoms. The summed E-state index contributed by atoms with van der Waals surface area (Å²) >= 11 is 0. The minimum absolute atomic E-state index is 0.214. The van der Waals surface area contributed by atoms with Crippen molar-refractivity contribution in [2.24, 2.45) is 0 Å². The van der Waals surface area contributed by atoms with Gasteiger partial charge in [0.05, 0.1) is 6.61 Å². The van der Waals surface area contributed by atoms with Crippen LogP contribution >= 0.6 is 0 Å². The molecule has 0 aliphatic rings. The molecule has 0 saturated heterocycles. The van der Waals surface area contributed by atoms with Crippen LogP contribution in [0.5, 0.6) is 0 Å². The zero-order valence-corrected chi connectivity index (χ0v) is 9.05. The van der Waals surface area contributed by atoms with Crippen molar-refractivity contribution in [1.82, 2.24) is 10.4 Å². The fourth-order valence-corrected chi connectivity index (χ4v) is 1.29. The van der Waals surface area contributed by atoms with Crippen LogP contribution in [-0.4, -0.2) is 36.4 Å². The molecule has 0 fully saturated rings. The summed E-state index contributed by atoms with van der Waals surface area (Å²) in [4.78, 5) is 0. The van der Waals surface area contributed by atoms with Crippen molar-refractivity contribution in [2.75, 3.05) is 26.2 Å². The average Bonchev–Trinajstić information content (AvgIpc) is 2.17. The molecule has 0 saturated carbocycles. The Labute approximate surface area is 82.1 Å². The lowest BCUT2D eigenvalue weighted by Gasteiger charge is -2.20. The van der Waals surface area contributed by atoms with Crippen LogP contribution < -0.4 is 5.43 Å². The van der Waals surface area contributed by atoms with Crippen LogP contribution in [-0.2, 0) is 0 Å². The summed E-state index contributed by atoms with van der Waals surface area (Å²) in [5.74, 6) is 0. The van der Waals surface area contributed by atoms with E-state index in [1.165, 1.54) is 25.7 Å². The second-order valence-corrected chi connectivity index (χ2v) is 3.27. The van der Waals surface area contributed by atoms with E-state index in [2.05, 4.69) is 24.3 Å². The molecule has 3 nitrogen and oxygen atoms in total. The lowest BCUT2D eigenvalue weighted by Crippen LogP contribution is -2.40. The van der Waals surface area contributed by atoms with Crippen LogP contribution in [0, 0.1) is 0 Å². The molecule has 0 amide bonds.